The second-order valence-electron chi connectivity index (χ2n) is 5.29. The lowest BCUT2D eigenvalue weighted by Crippen LogP contribution is -2.35. The maximum absolute atomic E-state index is 9.56. The van der Waals surface area contributed by atoms with Crippen molar-refractivity contribution in [1.82, 2.24) is 14.7 Å². The SMILES string of the molecule is CCn1nc(CN2CCC(O)CC2)c2ccccc21. The van der Waals surface area contributed by atoms with Gasteiger partial charge in [0.1, 0.15) is 0 Å². The minimum Gasteiger partial charge on any atom is -0.393 e. The molecular formula is C15H21N3O. The Bertz CT molecular complexity index is 556. The molecule has 4 nitrogen and oxygen atoms in total. The number of benzene rings is 1. The van der Waals surface area contributed by atoms with Crippen LogP contribution >= 0.6 is 0 Å². The second-order valence-corrected chi connectivity index (χ2v) is 5.29. The van der Waals surface area contributed by atoms with Crippen LogP contribution in [0.4, 0.5) is 0 Å². The summed E-state index contributed by atoms with van der Waals surface area (Å²) in [7, 11) is 0. The number of likely N-dealkylation sites (tertiary alicyclic amines) is 1. The maximum Gasteiger partial charge on any atom is 0.0843 e. The van der Waals surface area contributed by atoms with Crippen molar-refractivity contribution in [2.75, 3.05) is 13.1 Å². The fraction of sp³-hybridized carbons (Fsp3) is 0.533. The molecule has 0 bridgehead atoms. The van der Waals surface area contributed by atoms with Gasteiger partial charge < -0.3 is 5.11 Å². The average Bonchev–Trinajstić information content (AvgIpc) is 2.80. The van der Waals surface area contributed by atoms with Gasteiger partial charge in [-0.3, -0.25) is 9.58 Å². The molecule has 0 radical (unpaired) electrons. The summed E-state index contributed by atoms with van der Waals surface area (Å²) >= 11 is 0. The topological polar surface area (TPSA) is 41.3 Å². The first-order valence-corrected chi connectivity index (χ1v) is 7.12. The van der Waals surface area contributed by atoms with Crippen molar-refractivity contribution >= 4 is 10.9 Å². The third-order valence-corrected chi connectivity index (χ3v) is 3.96. The van der Waals surface area contributed by atoms with E-state index >= 15 is 0 Å². The first kappa shape index (κ1) is 12.6. The van der Waals surface area contributed by atoms with Crippen LogP contribution in [0.5, 0.6) is 0 Å². The van der Waals surface area contributed by atoms with Crippen LogP contribution in [0.15, 0.2) is 24.3 Å². The van der Waals surface area contributed by atoms with Crippen LogP contribution in [0.2, 0.25) is 0 Å². The summed E-state index contributed by atoms with van der Waals surface area (Å²) in [6, 6.07) is 8.43. The molecule has 1 N–H and O–H groups in total. The van der Waals surface area contributed by atoms with Gasteiger partial charge in [-0.1, -0.05) is 18.2 Å². The van der Waals surface area contributed by atoms with Crippen LogP contribution in [0, 0.1) is 0 Å². The average molecular weight is 259 g/mol. The molecule has 0 unspecified atom stereocenters. The minimum absolute atomic E-state index is 0.110. The predicted molar refractivity (Wildman–Crippen MR) is 75.9 cm³/mol. The molecular weight excluding hydrogens is 238 g/mol. The first-order chi connectivity index (χ1) is 9.28. The molecule has 1 aromatic carbocycles. The third-order valence-electron chi connectivity index (χ3n) is 3.96. The monoisotopic (exact) mass is 259 g/mol. The van der Waals surface area contributed by atoms with Crippen molar-refractivity contribution in [3.63, 3.8) is 0 Å². The molecule has 2 aromatic rings. The number of rotatable bonds is 3. The molecule has 1 aliphatic heterocycles. The number of nitrogens with zero attached hydrogens (tertiary/aromatic N) is 3. The highest BCUT2D eigenvalue weighted by molar-refractivity contribution is 5.81. The van der Waals surface area contributed by atoms with Crippen molar-refractivity contribution in [2.24, 2.45) is 0 Å². The Kier molecular flexibility index (Phi) is 3.53. The number of fused-ring (bicyclic) bond motifs is 1. The largest absolute Gasteiger partial charge is 0.393 e. The molecule has 1 aromatic heterocycles. The van der Waals surface area contributed by atoms with Crippen LogP contribution < -0.4 is 0 Å². The number of aromatic nitrogens is 2. The highest BCUT2D eigenvalue weighted by atomic mass is 16.3. The Hall–Kier alpha value is -1.39. The minimum atomic E-state index is -0.110. The van der Waals surface area contributed by atoms with Gasteiger partial charge in [0.2, 0.25) is 0 Å². The number of para-hydroxylation sites is 1. The maximum atomic E-state index is 9.56. The molecule has 0 saturated carbocycles. The molecule has 4 heteroatoms. The third kappa shape index (κ3) is 2.51. The zero-order valence-electron chi connectivity index (χ0n) is 11.4. The van der Waals surface area contributed by atoms with Gasteiger partial charge in [-0.05, 0) is 25.8 Å². The van der Waals surface area contributed by atoms with Gasteiger partial charge in [-0.15, -0.1) is 0 Å². The summed E-state index contributed by atoms with van der Waals surface area (Å²) in [4.78, 5) is 2.39. The molecule has 0 aliphatic carbocycles. The Morgan fingerprint density at radius 1 is 1.26 bits per heavy atom. The standard InChI is InChI=1S/C15H21N3O/c1-2-18-15-6-4-3-5-13(15)14(16-18)11-17-9-7-12(19)8-10-17/h3-6,12,19H,2,7-11H2,1H3. The number of aliphatic hydroxyl groups is 1. The Balaban J connectivity index is 1.84. The van der Waals surface area contributed by atoms with Crippen molar-refractivity contribution in [2.45, 2.75) is 39.0 Å². The lowest BCUT2D eigenvalue weighted by atomic mass is 10.1. The van der Waals surface area contributed by atoms with E-state index in [-0.39, 0.29) is 6.10 Å². The number of aliphatic hydroxyl groups excluding tert-OH is 1. The first-order valence-electron chi connectivity index (χ1n) is 7.12. The van der Waals surface area contributed by atoms with Gasteiger partial charge in [-0.25, -0.2) is 0 Å². The highest BCUT2D eigenvalue weighted by Gasteiger charge is 2.19. The van der Waals surface area contributed by atoms with Gasteiger partial charge in [0, 0.05) is 31.6 Å². The Morgan fingerprint density at radius 2 is 2.00 bits per heavy atom. The predicted octanol–water partition coefficient (Wildman–Crippen LogP) is 2.01. The van der Waals surface area contributed by atoms with Crippen molar-refractivity contribution in [1.29, 1.82) is 0 Å². The summed E-state index contributed by atoms with van der Waals surface area (Å²) in [5.74, 6) is 0. The van der Waals surface area contributed by atoms with E-state index < -0.39 is 0 Å². The zero-order valence-corrected chi connectivity index (χ0v) is 11.4. The van der Waals surface area contributed by atoms with Gasteiger partial charge in [0.25, 0.3) is 0 Å². The summed E-state index contributed by atoms with van der Waals surface area (Å²) < 4.78 is 2.07. The van der Waals surface area contributed by atoms with Crippen molar-refractivity contribution < 1.29 is 5.11 Å². The quantitative estimate of drug-likeness (QED) is 0.916. The van der Waals surface area contributed by atoms with Crippen LogP contribution in [-0.2, 0) is 13.1 Å². The zero-order chi connectivity index (χ0) is 13.2. The van der Waals surface area contributed by atoms with Crippen LogP contribution in [0.3, 0.4) is 0 Å². The highest BCUT2D eigenvalue weighted by Crippen LogP contribution is 2.21. The Morgan fingerprint density at radius 3 is 2.74 bits per heavy atom. The normalized spacial score (nSPS) is 18.2. The second kappa shape index (κ2) is 5.31. The number of piperidine rings is 1. The van der Waals surface area contributed by atoms with E-state index in [1.807, 2.05) is 0 Å². The fourth-order valence-corrected chi connectivity index (χ4v) is 2.84. The number of aryl methyl sites for hydroxylation is 1. The van der Waals surface area contributed by atoms with Crippen LogP contribution in [0.1, 0.15) is 25.5 Å². The Labute approximate surface area is 113 Å². The van der Waals surface area contributed by atoms with E-state index in [0.717, 1.165) is 44.7 Å². The molecule has 0 atom stereocenters. The lowest BCUT2D eigenvalue weighted by Gasteiger charge is -2.28. The van der Waals surface area contributed by atoms with E-state index in [1.165, 1.54) is 10.9 Å². The van der Waals surface area contributed by atoms with Gasteiger partial charge in [0.15, 0.2) is 0 Å². The smallest absolute Gasteiger partial charge is 0.0843 e. The molecule has 102 valence electrons. The molecule has 3 rings (SSSR count). The van der Waals surface area contributed by atoms with Gasteiger partial charge in [0.05, 0.1) is 17.3 Å². The molecule has 2 heterocycles. The van der Waals surface area contributed by atoms with E-state index in [9.17, 15) is 5.11 Å². The lowest BCUT2D eigenvalue weighted by molar-refractivity contribution is 0.0787. The molecule has 1 aliphatic rings. The van der Waals surface area contributed by atoms with Gasteiger partial charge >= 0.3 is 0 Å². The molecule has 0 amide bonds. The summed E-state index contributed by atoms with van der Waals surface area (Å²) in [5, 5.41) is 15.6. The summed E-state index contributed by atoms with van der Waals surface area (Å²) in [6.07, 6.45) is 1.65. The van der Waals surface area contributed by atoms with E-state index in [1.54, 1.807) is 0 Å². The fourth-order valence-electron chi connectivity index (χ4n) is 2.84. The van der Waals surface area contributed by atoms with Crippen molar-refractivity contribution in [3.8, 4) is 0 Å². The van der Waals surface area contributed by atoms with Crippen LogP contribution in [-0.4, -0.2) is 39.0 Å². The van der Waals surface area contributed by atoms with E-state index in [0.29, 0.717) is 0 Å². The summed E-state index contributed by atoms with van der Waals surface area (Å²) in [5.41, 5.74) is 2.38. The van der Waals surface area contributed by atoms with Gasteiger partial charge in [-0.2, -0.15) is 5.10 Å². The van der Waals surface area contributed by atoms with Crippen LogP contribution in [0.25, 0.3) is 10.9 Å². The number of hydrogen-bond acceptors (Lipinski definition) is 3. The van der Waals surface area contributed by atoms with E-state index in [2.05, 4.69) is 40.8 Å². The number of hydrogen-bond donors (Lipinski definition) is 1. The molecule has 1 fully saturated rings. The molecule has 0 spiro atoms. The summed E-state index contributed by atoms with van der Waals surface area (Å²) in [6.45, 7) is 5.85. The molecule has 19 heavy (non-hydrogen) atoms. The van der Waals surface area contributed by atoms with E-state index in [4.69, 9.17) is 5.10 Å². The molecule has 1 saturated heterocycles. The van der Waals surface area contributed by atoms with Crippen molar-refractivity contribution in [3.05, 3.63) is 30.0 Å².